The van der Waals surface area contributed by atoms with Gasteiger partial charge < -0.3 is 4.74 Å². The molecule has 0 fully saturated rings. The average molecular weight is 115 g/mol. The van der Waals surface area contributed by atoms with E-state index in [2.05, 4.69) is 20.8 Å². The Hall–Kier alpha value is -0.0400. The molecule has 0 atom stereocenters. The fraction of sp³-hybridized carbons (Fsp3) is 0.857. The van der Waals surface area contributed by atoms with Crippen molar-refractivity contribution in [2.45, 2.75) is 20.8 Å². The molecule has 49 valence electrons. The lowest BCUT2D eigenvalue weighted by Gasteiger charge is -2.11. The van der Waals surface area contributed by atoms with Gasteiger partial charge in [0.05, 0.1) is 6.61 Å². The number of rotatable bonds is 3. The van der Waals surface area contributed by atoms with Gasteiger partial charge in [-0.15, -0.1) is 0 Å². The first-order valence-corrected chi connectivity index (χ1v) is 2.99. The normalized spacial score (nSPS) is 11.2. The Bertz CT molecular complexity index is 50.3. The molecule has 0 bridgehead atoms. The Morgan fingerprint density at radius 1 is 1.50 bits per heavy atom. The van der Waals surface area contributed by atoms with Crippen LogP contribution in [0, 0.1) is 11.8 Å². The summed E-state index contributed by atoms with van der Waals surface area (Å²) in [6, 6.07) is 0. The first kappa shape index (κ1) is 7.96. The van der Waals surface area contributed by atoms with Crippen LogP contribution >= 0.6 is 0 Å². The van der Waals surface area contributed by atoms with Crippen molar-refractivity contribution < 1.29 is 4.74 Å². The third-order valence-electron chi connectivity index (χ3n) is 1.36. The second kappa shape index (κ2) is 3.90. The zero-order chi connectivity index (χ0) is 6.57. The lowest BCUT2D eigenvalue weighted by Crippen LogP contribution is -2.07. The lowest BCUT2D eigenvalue weighted by atomic mass is 10.00. The van der Waals surface area contributed by atoms with E-state index >= 15 is 0 Å². The number of methoxy groups -OCH3 is 1. The maximum Gasteiger partial charge on any atom is 0.0524 e. The van der Waals surface area contributed by atoms with Crippen LogP contribution in [0.4, 0.5) is 0 Å². The molecule has 0 aromatic carbocycles. The fourth-order valence-electron chi connectivity index (χ4n) is 0.394. The highest BCUT2D eigenvalue weighted by atomic mass is 16.5. The number of ether oxygens (including phenoxy) is 1. The molecule has 0 amide bonds. The molecular weight excluding hydrogens is 100 g/mol. The van der Waals surface area contributed by atoms with Gasteiger partial charge >= 0.3 is 0 Å². The summed E-state index contributed by atoms with van der Waals surface area (Å²) in [5.74, 6) is 2.07. The summed E-state index contributed by atoms with van der Waals surface area (Å²) < 4.78 is 4.93. The monoisotopic (exact) mass is 115 g/mol. The van der Waals surface area contributed by atoms with E-state index in [1.54, 1.807) is 7.11 Å². The lowest BCUT2D eigenvalue weighted by molar-refractivity contribution is 0.199. The predicted molar refractivity (Wildman–Crippen MR) is 35.6 cm³/mol. The van der Waals surface area contributed by atoms with Crippen LogP contribution in [0.5, 0.6) is 0 Å². The third kappa shape index (κ3) is 3.03. The molecule has 0 unspecified atom stereocenters. The van der Waals surface area contributed by atoms with Crippen molar-refractivity contribution >= 4 is 0 Å². The molecule has 1 radical (unpaired) electrons. The maximum atomic E-state index is 4.93. The first-order chi connectivity index (χ1) is 3.68. The van der Waals surface area contributed by atoms with E-state index in [-0.39, 0.29) is 0 Å². The maximum absolute atomic E-state index is 4.93. The van der Waals surface area contributed by atoms with Gasteiger partial charge in [-0.1, -0.05) is 20.8 Å². The highest BCUT2D eigenvalue weighted by Gasteiger charge is 2.05. The van der Waals surface area contributed by atoms with E-state index < -0.39 is 0 Å². The van der Waals surface area contributed by atoms with Crippen molar-refractivity contribution in [3.05, 3.63) is 5.92 Å². The van der Waals surface area contributed by atoms with E-state index in [4.69, 9.17) is 4.74 Å². The molecule has 0 saturated heterocycles. The molecule has 0 aliphatic rings. The van der Waals surface area contributed by atoms with Crippen molar-refractivity contribution in [3.8, 4) is 0 Å². The highest BCUT2D eigenvalue weighted by molar-refractivity contribution is 4.86. The van der Waals surface area contributed by atoms with E-state index in [0.717, 1.165) is 6.61 Å². The van der Waals surface area contributed by atoms with Gasteiger partial charge in [0.2, 0.25) is 0 Å². The molecule has 0 rings (SSSR count). The van der Waals surface area contributed by atoms with E-state index in [1.165, 1.54) is 5.92 Å². The standard InChI is InChI=1S/C7H15O/c1-6(2)7(3)5-8-4/h6H,5H2,1-4H3. The Kier molecular flexibility index (Phi) is 3.88. The van der Waals surface area contributed by atoms with Gasteiger partial charge in [-0.05, 0) is 5.92 Å². The number of hydrogen-bond acceptors (Lipinski definition) is 1. The molecular formula is C7H15O. The Balaban J connectivity index is 3.17. The minimum absolute atomic E-state index is 0.662. The van der Waals surface area contributed by atoms with Gasteiger partial charge in [0.15, 0.2) is 0 Å². The van der Waals surface area contributed by atoms with Crippen molar-refractivity contribution in [3.63, 3.8) is 0 Å². The summed E-state index contributed by atoms with van der Waals surface area (Å²) in [7, 11) is 1.73. The summed E-state index contributed by atoms with van der Waals surface area (Å²) in [6.07, 6.45) is 0. The van der Waals surface area contributed by atoms with E-state index in [0.29, 0.717) is 5.92 Å². The van der Waals surface area contributed by atoms with Crippen LogP contribution in [-0.2, 0) is 4.74 Å². The molecule has 0 heterocycles. The quantitative estimate of drug-likeness (QED) is 0.545. The van der Waals surface area contributed by atoms with Crippen LogP contribution in [0.3, 0.4) is 0 Å². The van der Waals surface area contributed by atoms with Crippen LogP contribution in [0.15, 0.2) is 0 Å². The minimum Gasteiger partial charge on any atom is -0.384 e. The molecule has 0 N–H and O–H groups in total. The average Bonchev–Trinajstić information content (AvgIpc) is 1.67. The largest absolute Gasteiger partial charge is 0.384 e. The smallest absolute Gasteiger partial charge is 0.0524 e. The van der Waals surface area contributed by atoms with Gasteiger partial charge in [-0.3, -0.25) is 0 Å². The molecule has 1 nitrogen and oxygen atoms in total. The topological polar surface area (TPSA) is 9.23 Å². The summed E-state index contributed by atoms with van der Waals surface area (Å²) in [5, 5.41) is 0. The third-order valence-corrected chi connectivity index (χ3v) is 1.36. The van der Waals surface area contributed by atoms with Crippen molar-refractivity contribution in [1.29, 1.82) is 0 Å². The zero-order valence-corrected chi connectivity index (χ0v) is 6.19. The van der Waals surface area contributed by atoms with Crippen molar-refractivity contribution in [1.82, 2.24) is 0 Å². The number of hydrogen-bond donors (Lipinski definition) is 0. The highest BCUT2D eigenvalue weighted by Crippen LogP contribution is 2.10. The molecule has 0 aromatic heterocycles. The SMILES string of the molecule is COC[C](C)C(C)C. The van der Waals surface area contributed by atoms with Gasteiger partial charge in [0.1, 0.15) is 0 Å². The van der Waals surface area contributed by atoms with Gasteiger partial charge in [-0.2, -0.15) is 0 Å². The minimum atomic E-state index is 0.662. The van der Waals surface area contributed by atoms with Crippen LogP contribution in [0.2, 0.25) is 0 Å². The van der Waals surface area contributed by atoms with Crippen molar-refractivity contribution in [2.24, 2.45) is 5.92 Å². The second-order valence-corrected chi connectivity index (χ2v) is 2.43. The summed E-state index contributed by atoms with van der Waals surface area (Å²) >= 11 is 0. The summed E-state index contributed by atoms with van der Waals surface area (Å²) in [4.78, 5) is 0. The first-order valence-electron chi connectivity index (χ1n) is 2.99. The van der Waals surface area contributed by atoms with Gasteiger partial charge in [0.25, 0.3) is 0 Å². The molecule has 1 heteroatoms. The Labute approximate surface area is 52.0 Å². The predicted octanol–water partition coefficient (Wildman–Crippen LogP) is 1.88. The van der Waals surface area contributed by atoms with E-state index in [1.807, 2.05) is 0 Å². The van der Waals surface area contributed by atoms with Gasteiger partial charge in [0, 0.05) is 13.0 Å². The van der Waals surface area contributed by atoms with Gasteiger partial charge in [-0.25, -0.2) is 0 Å². The summed E-state index contributed by atoms with van der Waals surface area (Å²) in [6.45, 7) is 7.27. The van der Waals surface area contributed by atoms with Crippen LogP contribution in [0.25, 0.3) is 0 Å². The van der Waals surface area contributed by atoms with Crippen LogP contribution < -0.4 is 0 Å². The molecule has 0 aliphatic carbocycles. The molecule has 0 spiro atoms. The Morgan fingerprint density at radius 2 is 2.00 bits per heavy atom. The molecule has 8 heavy (non-hydrogen) atoms. The summed E-state index contributed by atoms with van der Waals surface area (Å²) in [5.41, 5.74) is 0. The second-order valence-electron chi connectivity index (χ2n) is 2.43. The molecule has 0 saturated carbocycles. The Morgan fingerprint density at radius 3 is 2.12 bits per heavy atom. The van der Waals surface area contributed by atoms with Crippen LogP contribution in [0.1, 0.15) is 20.8 Å². The zero-order valence-electron chi connectivity index (χ0n) is 6.19. The molecule has 0 aromatic rings. The fourth-order valence-corrected chi connectivity index (χ4v) is 0.394. The van der Waals surface area contributed by atoms with Crippen LogP contribution in [-0.4, -0.2) is 13.7 Å². The molecule has 0 aliphatic heterocycles. The van der Waals surface area contributed by atoms with E-state index in [9.17, 15) is 0 Å². The van der Waals surface area contributed by atoms with Crippen molar-refractivity contribution in [2.75, 3.05) is 13.7 Å².